The first-order chi connectivity index (χ1) is 12.5. The molecule has 1 amide bonds. The fourth-order valence-corrected chi connectivity index (χ4v) is 3.23. The maximum atomic E-state index is 11.8. The summed E-state index contributed by atoms with van der Waals surface area (Å²) in [6, 6.07) is 11.2. The Balaban J connectivity index is 1.89. The van der Waals surface area contributed by atoms with Crippen molar-refractivity contribution in [3.8, 4) is 0 Å². The predicted octanol–water partition coefficient (Wildman–Crippen LogP) is 2.99. The molecule has 0 radical (unpaired) electrons. The lowest BCUT2D eigenvalue weighted by atomic mass is 9.82. The Morgan fingerprint density at radius 2 is 1.81 bits per heavy atom. The molecule has 26 heavy (non-hydrogen) atoms. The minimum Gasteiger partial charge on any atom is -0.356 e. The van der Waals surface area contributed by atoms with Gasteiger partial charge < -0.3 is 15.5 Å². The van der Waals surface area contributed by atoms with Crippen LogP contribution in [0.3, 0.4) is 0 Å². The summed E-state index contributed by atoms with van der Waals surface area (Å²) in [4.78, 5) is 17.9. The number of guanidine groups is 1. The maximum Gasteiger partial charge on any atom is 0.243 e. The highest BCUT2D eigenvalue weighted by Gasteiger charge is 2.23. The number of nitrogens with one attached hydrogen (secondary N) is 2. The highest BCUT2D eigenvalue weighted by Crippen LogP contribution is 2.32. The second kappa shape index (κ2) is 10.2. The van der Waals surface area contributed by atoms with E-state index in [0.29, 0.717) is 17.9 Å². The molecule has 2 rings (SSSR count). The molecule has 0 unspecified atom stereocenters. The topological polar surface area (TPSA) is 56.7 Å². The smallest absolute Gasteiger partial charge is 0.243 e. The Morgan fingerprint density at radius 3 is 2.38 bits per heavy atom. The number of likely N-dealkylation sites (N-methyl/N-ethyl adjacent to an activating group) is 1. The summed E-state index contributed by atoms with van der Waals surface area (Å²) in [7, 11) is 3.52. The summed E-state index contributed by atoms with van der Waals surface area (Å²) in [5.74, 6) is 1.97. The Bertz CT molecular complexity index is 575. The average molecular weight is 359 g/mol. The van der Waals surface area contributed by atoms with Gasteiger partial charge in [0.1, 0.15) is 6.54 Å². The molecule has 0 spiro atoms. The van der Waals surface area contributed by atoms with Crippen molar-refractivity contribution in [3.05, 3.63) is 35.9 Å². The third kappa shape index (κ3) is 6.70. The minimum atomic E-state index is 0.0171. The van der Waals surface area contributed by atoms with Crippen LogP contribution >= 0.6 is 0 Å². The molecule has 0 aliphatic heterocycles. The molecule has 5 nitrogen and oxygen atoms in total. The van der Waals surface area contributed by atoms with Crippen molar-refractivity contribution in [2.45, 2.75) is 51.5 Å². The summed E-state index contributed by atoms with van der Waals surface area (Å²) in [5.41, 5.74) is 1.45. The van der Waals surface area contributed by atoms with Gasteiger partial charge in [0.05, 0.1) is 0 Å². The molecule has 1 aromatic carbocycles. The molecule has 0 heterocycles. The molecular weight excluding hydrogens is 324 g/mol. The summed E-state index contributed by atoms with van der Waals surface area (Å²) in [6.45, 7) is 5.36. The third-order valence-electron chi connectivity index (χ3n) is 4.89. The fraction of sp³-hybridized carbons (Fsp3) is 0.619. The van der Waals surface area contributed by atoms with E-state index in [1.807, 2.05) is 0 Å². The van der Waals surface area contributed by atoms with E-state index in [-0.39, 0.29) is 12.5 Å². The van der Waals surface area contributed by atoms with E-state index < -0.39 is 0 Å². The van der Waals surface area contributed by atoms with Crippen LogP contribution in [0.1, 0.15) is 51.0 Å². The van der Waals surface area contributed by atoms with E-state index in [4.69, 9.17) is 0 Å². The molecule has 1 aromatic rings. The van der Waals surface area contributed by atoms with Crippen molar-refractivity contribution < 1.29 is 4.79 Å². The molecular formula is C21H34N4O. The summed E-state index contributed by atoms with van der Waals surface area (Å²) >= 11 is 0. The number of aliphatic imine (C=N–C) groups is 1. The van der Waals surface area contributed by atoms with Crippen molar-refractivity contribution >= 4 is 11.9 Å². The summed E-state index contributed by atoms with van der Waals surface area (Å²) < 4.78 is 0. The van der Waals surface area contributed by atoms with Gasteiger partial charge in [-0.2, -0.15) is 0 Å². The van der Waals surface area contributed by atoms with Gasteiger partial charge in [-0.15, -0.1) is 0 Å². The van der Waals surface area contributed by atoms with Crippen LogP contribution in [0.5, 0.6) is 0 Å². The number of benzene rings is 1. The Labute approximate surface area is 158 Å². The van der Waals surface area contributed by atoms with Gasteiger partial charge in [0.2, 0.25) is 5.91 Å². The van der Waals surface area contributed by atoms with Crippen molar-refractivity contribution in [2.75, 3.05) is 27.2 Å². The maximum absolute atomic E-state index is 11.8. The number of hydrogen-bond donors (Lipinski definition) is 2. The first-order valence-corrected chi connectivity index (χ1v) is 9.75. The number of nitrogens with zero attached hydrogens (tertiary/aromatic N) is 2. The standard InChI is InChI=1S/C21H34N4O/c1-16(2)14-22-21(23-15-20(26)25(3)4)24-19-12-10-18(11-13-19)17-8-6-5-7-9-17/h5-9,16,18-19H,10-15H2,1-4H3,(H2,22,23,24). The summed E-state index contributed by atoms with van der Waals surface area (Å²) in [5, 5.41) is 6.92. The zero-order valence-corrected chi connectivity index (χ0v) is 16.7. The lowest BCUT2D eigenvalue weighted by Gasteiger charge is -2.30. The molecule has 1 saturated carbocycles. The average Bonchev–Trinajstić information content (AvgIpc) is 2.64. The van der Waals surface area contributed by atoms with Crippen LogP contribution in [0.2, 0.25) is 0 Å². The molecule has 0 aromatic heterocycles. The Kier molecular flexibility index (Phi) is 7.95. The van der Waals surface area contributed by atoms with Gasteiger partial charge in [-0.1, -0.05) is 44.2 Å². The number of carbonyl (C=O) groups excluding carboxylic acids is 1. The quantitative estimate of drug-likeness (QED) is 0.607. The molecule has 1 aliphatic rings. The van der Waals surface area contributed by atoms with E-state index in [0.717, 1.165) is 25.3 Å². The molecule has 5 heteroatoms. The largest absolute Gasteiger partial charge is 0.356 e. The second-order valence-corrected chi connectivity index (χ2v) is 7.83. The van der Waals surface area contributed by atoms with Crippen LogP contribution in [0.25, 0.3) is 0 Å². The number of amides is 1. The van der Waals surface area contributed by atoms with E-state index in [1.54, 1.807) is 19.0 Å². The van der Waals surface area contributed by atoms with Crippen LogP contribution in [0.15, 0.2) is 35.3 Å². The molecule has 1 aliphatic carbocycles. The lowest BCUT2D eigenvalue weighted by Crippen LogP contribution is -2.46. The first kappa shape index (κ1) is 20.3. The lowest BCUT2D eigenvalue weighted by molar-refractivity contribution is -0.127. The van der Waals surface area contributed by atoms with Gasteiger partial charge in [0.25, 0.3) is 0 Å². The number of rotatable bonds is 6. The predicted molar refractivity (Wildman–Crippen MR) is 108 cm³/mol. The van der Waals surface area contributed by atoms with Crippen LogP contribution in [0.4, 0.5) is 0 Å². The molecule has 2 N–H and O–H groups in total. The van der Waals surface area contributed by atoms with Crippen molar-refractivity contribution in [1.29, 1.82) is 0 Å². The van der Waals surface area contributed by atoms with Crippen LogP contribution in [-0.4, -0.2) is 50.0 Å². The molecule has 0 atom stereocenters. The van der Waals surface area contributed by atoms with Gasteiger partial charge in [0.15, 0.2) is 5.96 Å². The van der Waals surface area contributed by atoms with E-state index in [9.17, 15) is 4.79 Å². The van der Waals surface area contributed by atoms with Gasteiger partial charge >= 0.3 is 0 Å². The van der Waals surface area contributed by atoms with E-state index >= 15 is 0 Å². The van der Waals surface area contributed by atoms with Gasteiger partial charge in [-0.25, -0.2) is 4.99 Å². The number of hydrogen-bond acceptors (Lipinski definition) is 2. The van der Waals surface area contributed by atoms with Gasteiger partial charge in [-0.05, 0) is 43.1 Å². The molecule has 0 saturated heterocycles. The highest BCUT2D eigenvalue weighted by molar-refractivity contribution is 5.84. The molecule has 0 bridgehead atoms. The zero-order valence-electron chi connectivity index (χ0n) is 16.7. The number of carbonyl (C=O) groups is 1. The Morgan fingerprint density at radius 1 is 1.15 bits per heavy atom. The molecule has 1 fully saturated rings. The first-order valence-electron chi connectivity index (χ1n) is 9.75. The second-order valence-electron chi connectivity index (χ2n) is 7.83. The summed E-state index contributed by atoms with van der Waals surface area (Å²) in [6.07, 6.45) is 4.64. The fourth-order valence-electron chi connectivity index (χ4n) is 3.23. The normalized spacial score (nSPS) is 20.7. The minimum absolute atomic E-state index is 0.0171. The third-order valence-corrected chi connectivity index (χ3v) is 4.89. The van der Waals surface area contributed by atoms with Gasteiger partial charge in [-0.3, -0.25) is 4.79 Å². The molecule has 144 valence electrons. The highest BCUT2D eigenvalue weighted by atomic mass is 16.2. The van der Waals surface area contributed by atoms with Crippen molar-refractivity contribution in [2.24, 2.45) is 10.9 Å². The van der Waals surface area contributed by atoms with Crippen molar-refractivity contribution in [3.63, 3.8) is 0 Å². The SMILES string of the molecule is CC(C)CNC(=NCC(=O)N(C)C)NC1CCC(c2ccccc2)CC1. The van der Waals surface area contributed by atoms with Gasteiger partial charge in [0, 0.05) is 26.7 Å². The van der Waals surface area contributed by atoms with Crippen LogP contribution < -0.4 is 10.6 Å². The Hall–Kier alpha value is -2.04. The van der Waals surface area contributed by atoms with Crippen LogP contribution in [0, 0.1) is 5.92 Å². The van der Waals surface area contributed by atoms with Crippen LogP contribution in [-0.2, 0) is 4.79 Å². The van der Waals surface area contributed by atoms with Crippen molar-refractivity contribution in [1.82, 2.24) is 15.5 Å². The van der Waals surface area contributed by atoms with E-state index in [1.165, 1.54) is 18.4 Å². The van der Waals surface area contributed by atoms with E-state index in [2.05, 4.69) is 59.8 Å². The monoisotopic (exact) mass is 358 g/mol. The zero-order chi connectivity index (χ0) is 18.9.